The number of nitrogens with one attached hydrogen (secondary N) is 1. The Balaban J connectivity index is 1.80. The van der Waals surface area contributed by atoms with Crippen molar-refractivity contribution in [3.05, 3.63) is 83.9 Å². The second-order valence-electron chi connectivity index (χ2n) is 12.2. The number of aromatic hydroxyl groups is 1. The van der Waals surface area contributed by atoms with Crippen LogP contribution in [0, 0.1) is 0 Å². The van der Waals surface area contributed by atoms with Gasteiger partial charge in [-0.15, -0.1) is 0 Å². The second-order valence-corrected chi connectivity index (χ2v) is 35.1. The van der Waals surface area contributed by atoms with Crippen molar-refractivity contribution in [3.63, 3.8) is 0 Å². The van der Waals surface area contributed by atoms with Gasteiger partial charge in [0.05, 0.1) is 16.1 Å². The van der Waals surface area contributed by atoms with Crippen molar-refractivity contribution in [2.75, 3.05) is 73.6 Å². The van der Waals surface area contributed by atoms with Crippen molar-refractivity contribution in [3.8, 4) is 23.0 Å². The lowest BCUT2D eigenvalue weighted by molar-refractivity contribution is -0.442. The summed E-state index contributed by atoms with van der Waals surface area (Å²) in [4.78, 5) is 13.0. The third-order valence-electron chi connectivity index (χ3n) is 7.57. The normalized spacial score (nSPS) is 14.9. The summed E-state index contributed by atoms with van der Waals surface area (Å²) < 4.78 is 36.9. The van der Waals surface area contributed by atoms with Crippen molar-refractivity contribution in [2.45, 2.75) is 19.3 Å². The van der Waals surface area contributed by atoms with E-state index in [1.807, 2.05) is 84.6 Å². The molecular formula is C33H56N7O6P6S8+. The van der Waals surface area contributed by atoms with Crippen LogP contribution in [0.4, 0.5) is 0 Å². The summed E-state index contributed by atoms with van der Waals surface area (Å²) in [5, 5.41) is 9.76. The first-order valence-corrected chi connectivity index (χ1v) is 36.2. The number of hydrogen-bond acceptors (Lipinski definition) is 17. The SMILES string of the molecule is COP(C)N=[N+](N=P(N)(OC)Oc1ccc(C(C)(C)c2ccc(O)cc2)cc1)P(C)Oc1ccc(OP(N)NP(=NP(SCCS)SCCS)(SCCS)SCCS)cc1. The summed E-state index contributed by atoms with van der Waals surface area (Å²) in [6.07, 6.45) is 0. The second kappa shape index (κ2) is 29.1. The third kappa shape index (κ3) is 19.2. The standard InChI is InChI=1S/C33H55N7O6P6S8/c1-33(2,27-7-11-29(41)12-8-27)28-9-13-32(14-10-28)46-51(35,43-4)37-40(36-47(5)42-3)48(6)44-30-15-17-31(18-16-30)45-49(34)38-52(59-25-21-55,60-26-22-56)39-50(57-23-19-53)58-24-20-54/h7-18,38H,19-26,34-35H2,1-6H3,(H4-,41,53,54,55,56)/p+1. The number of thiol groups is 4. The van der Waals surface area contributed by atoms with Gasteiger partial charge in [0.15, 0.2) is 0 Å². The van der Waals surface area contributed by atoms with E-state index in [0.29, 0.717) is 28.8 Å². The molecule has 27 heteroatoms. The average molecular weight is 1090 g/mol. The van der Waals surface area contributed by atoms with E-state index in [0.717, 1.165) is 45.6 Å². The summed E-state index contributed by atoms with van der Waals surface area (Å²) in [5.41, 5.74) is 12.9. The van der Waals surface area contributed by atoms with Gasteiger partial charge in [0, 0.05) is 54.2 Å². The quantitative estimate of drug-likeness (QED) is 0.0150. The Morgan fingerprint density at radius 3 is 1.73 bits per heavy atom. The Bertz CT molecular complexity index is 1850. The maximum Gasteiger partial charge on any atom is 0.449 e. The summed E-state index contributed by atoms with van der Waals surface area (Å²) in [6.45, 7) is 7.16. The van der Waals surface area contributed by atoms with Crippen LogP contribution in [0.3, 0.4) is 0 Å². The topological polar surface area (TPSA) is 171 Å². The number of nitrogens with two attached hydrogens (primary N) is 2. The van der Waals surface area contributed by atoms with Gasteiger partial charge < -0.3 is 27.7 Å². The smallest absolute Gasteiger partial charge is 0.449 e. The lowest BCUT2D eigenvalue weighted by Gasteiger charge is -2.28. The highest BCUT2D eigenvalue weighted by molar-refractivity contribution is 8.94. The monoisotopic (exact) mass is 1090 g/mol. The minimum absolute atomic E-state index is 0.222. The fraction of sp³-hybridized carbons (Fsp3) is 0.455. The molecule has 60 heavy (non-hydrogen) atoms. The molecule has 0 aliphatic rings. The highest BCUT2D eigenvalue weighted by atomic mass is 33.1. The van der Waals surface area contributed by atoms with Crippen molar-refractivity contribution in [1.82, 2.24) is 4.86 Å². The molecule has 0 aromatic heterocycles. The van der Waals surface area contributed by atoms with Crippen molar-refractivity contribution >= 4 is 141 Å². The average Bonchev–Trinajstić information content (AvgIpc) is 3.23. The van der Waals surface area contributed by atoms with Gasteiger partial charge in [0.2, 0.25) is 16.7 Å². The van der Waals surface area contributed by atoms with Gasteiger partial charge >= 0.3 is 16.0 Å². The highest BCUT2D eigenvalue weighted by Crippen LogP contribution is 2.79. The number of phenolic OH excluding ortho intramolecular Hbond substituents is 1. The third-order valence-corrected chi connectivity index (χ3v) is 33.4. The van der Waals surface area contributed by atoms with E-state index in [4.69, 9.17) is 38.1 Å². The maximum absolute atomic E-state index is 9.76. The number of benzene rings is 3. The van der Waals surface area contributed by atoms with E-state index in [-0.39, 0.29) is 11.2 Å². The Hall–Kier alpha value is 1.24. The van der Waals surface area contributed by atoms with Crippen LogP contribution < -0.4 is 29.4 Å². The Kier molecular flexibility index (Phi) is 26.9. The zero-order chi connectivity index (χ0) is 44.2. The van der Waals surface area contributed by atoms with Gasteiger partial charge in [0.1, 0.15) is 35.1 Å². The molecule has 0 saturated carbocycles. The van der Waals surface area contributed by atoms with Crippen LogP contribution >= 0.6 is 141 Å². The van der Waals surface area contributed by atoms with E-state index in [2.05, 4.69) is 79.0 Å². The number of nitrogens with zero attached hydrogens (tertiary/aromatic N) is 4. The first-order chi connectivity index (χ1) is 28.6. The van der Waals surface area contributed by atoms with Crippen LogP contribution in [0.2, 0.25) is 0 Å². The van der Waals surface area contributed by atoms with Gasteiger partial charge in [-0.3, -0.25) is 5.50 Å². The fourth-order valence-electron chi connectivity index (χ4n) is 4.54. The minimum atomic E-state index is -3.39. The van der Waals surface area contributed by atoms with Crippen LogP contribution in [-0.4, -0.2) is 83.3 Å². The summed E-state index contributed by atoms with van der Waals surface area (Å²) in [5.74, 6) is 8.29. The zero-order valence-corrected chi connectivity index (χ0v) is 46.3. The Morgan fingerprint density at radius 1 is 0.767 bits per heavy atom. The summed E-state index contributed by atoms with van der Waals surface area (Å²) >= 11 is 25.1. The fourth-order valence-corrected chi connectivity index (χ4v) is 33.4. The summed E-state index contributed by atoms with van der Waals surface area (Å²) in [7, 11) is -4.77. The number of rotatable bonds is 28. The Morgan fingerprint density at radius 2 is 1.25 bits per heavy atom. The molecule has 0 heterocycles. The molecule has 336 valence electrons. The summed E-state index contributed by atoms with van der Waals surface area (Å²) in [6, 6.07) is 22.0. The molecule has 3 aromatic carbocycles. The molecule has 0 saturated heterocycles. The molecule has 0 fully saturated rings. The first-order valence-electron chi connectivity index (χ1n) is 17.9. The molecule has 3 rings (SSSR count). The molecule has 0 aliphatic heterocycles. The van der Waals surface area contributed by atoms with E-state index in [1.54, 1.807) is 54.1 Å². The van der Waals surface area contributed by atoms with Gasteiger partial charge in [0.25, 0.3) is 0 Å². The molecule has 0 radical (unpaired) electrons. The van der Waals surface area contributed by atoms with Gasteiger partial charge in [-0.25, -0.2) is 10.0 Å². The van der Waals surface area contributed by atoms with Crippen molar-refractivity contribution in [1.29, 1.82) is 0 Å². The van der Waals surface area contributed by atoms with Crippen LogP contribution in [0.15, 0.2) is 87.1 Å². The predicted molar refractivity (Wildman–Crippen MR) is 287 cm³/mol. The van der Waals surface area contributed by atoms with E-state index >= 15 is 0 Å². The van der Waals surface area contributed by atoms with E-state index in [9.17, 15) is 5.11 Å². The molecular weight excluding hydrogens is 1030 g/mol. The highest BCUT2D eigenvalue weighted by Gasteiger charge is 2.33. The number of hydrogen-bond donors (Lipinski definition) is 8. The van der Waals surface area contributed by atoms with Gasteiger partial charge in [-0.1, -0.05) is 83.6 Å². The maximum atomic E-state index is 9.76. The van der Waals surface area contributed by atoms with Crippen LogP contribution in [0.1, 0.15) is 25.0 Å². The zero-order valence-electron chi connectivity index (χ0n) is 34.1. The lowest BCUT2D eigenvalue weighted by atomic mass is 9.78. The molecule has 13 nitrogen and oxygen atoms in total. The largest absolute Gasteiger partial charge is 0.508 e. The molecule has 0 spiro atoms. The predicted octanol–water partition coefficient (Wildman–Crippen LogP) is 13.6. The minimum Gasteiger partial charge on any atom is -0.508 e. The van der Waals surface area contributed by atoms with Crippen LogP contribution in [0.25, 0.3) is 0 Å². The van der Waals surface area contributed by atoms with E-state index < -0.39 is 44.8 Å². The molecule has 4 unspecified atom stereocenters. The molecule has 6 N–H and O–H groups in total. The number of phenols is 1. The van der Waals surface area contributed by atoms with Crippen molar-refractivity contribution in [2.24, 2.45) is 25.3 Å². The van der Waals surface area contributed by atoms with Crippen LogP contribution in [-0.2, 0) is 14.5 Å². The molecule has 3 aromatic rings. The van der Waals surface area contributed by atoms with Gasteiger partial charge in [-0.05, 0) is 82.7 Å². The first kappa shape index (κ1) is 55.6. The Labute approximate surface area is 399 Å². The van der Waals surface area contributed by atoms with Crippen LogP contribution in [0.5, 0.6) is 23.0 Å². The molecule has 0 bridgehead atoms. The molecule has 0 aliphatic carbocycles. The van der Waals surface area contributed by atoms with Crippen molar-refractivity contribution < 1.29 is 32.3 Å². The lowest BCUT2D eigenvalue weighted by Crippen LogP contribution is -2.18. The molecule has 4 atom stereocenters. The molecule has 0 amide bonds. The van der Waals surface area contributed by atoms with Gasteiger partial charge in [-0.2, -0.15) is 55.4 Å². The van der Waals surface area contributed by atoms with E-state index in [1.165, 1.54) is 11.7 Å².